The Hall–Kier alpha value is -3.23. The van der Waals surface area contributed by atoms with E-state index in [2.05, 4.69) is 31.5 Å². The minimum Gasteiger partial charge on any atom is -0.493 e. The predicted octanol–water partition coefficient (Wildman–Crippen LogP) is 3.58. The number of aliphatic hydroxyl groups excluding tert-OH is 1. The van der Waals surface area contributed by atoms with Crippen molar-refractivity contribution < 1.29 is 14.6 Å². The summed E-state index contributed by atoms with van der Waals surface area (Å²) in [7, 11) is 1.63. The number of fused-ring (bicyclic) bond motifs is 3. The molecule has 4 N–H and O–H groups in total. The number of rotatable bonds is 8. The highest BCUT2D eigenvalue weighted by Crippen LogP contribution is 2.42. The monoisotopic (exact) mass is 421 g/mol. The fraction of sp³-hybridized carbons (Fsp3) is 0.348. The van der Waals surface area contributed by atoms with Gasteiger partial charge >= 0.3 is 0 Å². The SMILES string of the molecule is COc1cc2c3[nH][nH]c(Nc4cccnc4)c-3cc2cc1OCC(O)CN1CCCC1. The summed E-state index contributed by atoms with van der Waals surface area (Å²) >= 11 is 0. The Kier molecular flexibility index (Phi) is 5.40. The number of methoxy groups -OCH3 is 1. The van der Waals surface area contributed by atoms with E-state index in [1.807, 2.05) is 24.3 Å². The summed E-state index contributed by atoms with van der Waals surface area (Å²) in [6.45, 7) is 2.98. The summed E-state index contributed by atoms with van der Waals surface area (Å²) in [5.74, 6) is 2.14. The van der Waals surface area contributed by atoms with Crippen molar-refractivity contribution in [2.75, 3.05) is 38.7 Å². The molecule has 0 spiro atoms. The lowest BCUT2D eigenvalue weighted by molar-refractivity contribution is 0.0748. The van der Waals surface area contributed by atoms with Crippen molar-refractivity contribution in [1.29, 1.82) is 0 Å². The lowest BCUT2D eigenvalue weighted by Gasteiger charge is -2.20. The van der Waals surface area contributed by atoms with Gasteiger partial charge in [0.2, 0.25) is 0 Å². The number of aromatic nitrogens is 3. The van der Waals surface area contributed by atoms with E-state index < -0.39 is 6.10 Å². The van der Waals surface area contributed by atoms with Gasteiger partial charge in [-0.2, -0.15) is 0 Å². The Morgan fingerprint density at radius 2 is 2.06 bits per heavy atom. The molecule has 1 unspecified atom stereocenters. The molecule has 0 bridgehead atoms. The van der Waals surface area contributed by atoms with Crippen LogP contribution in [0.1, 0.15) is 12.8 Å². The second-order valence-electron chi connectivity index (χ2n) is 7.99. The molecule has 1 aromatic heterocycles. The number of anilines is 2. The van der Waals surface area contributed by atoms with E-state index in [4.69, 9.17) is 9.47 Å². The Balaban J connectivity index is 1.37. The zero-order valence-electron chi connectivity index (χ0n) is 17.5. The van der Waals surface area contributed by atoms with Gasteiger partial charge in [0.1, 0.15) is 18.5 Å². The third-order valence-corrected chi connectivity index (χ3v) is 5.79. The second kappa shape index (κ2) is 8.49. The van der Waals surface area contributed by atoms with Crippen molar-refractivity contribution in [2.45, 2.75) is 18.9 Å². The number of benzene rings is 1. The lowest BCUT2D eigenvalue weighted by atomic mass is 10.2. The molecule has 1 atom stereocenters. The maximum Gasteiger partial charge on any atom is 0.161 e. The molecule has 2 aliphatic heterocycles. The van der Waals surface area contributed by atoms with Crippen LogP contribution < -0.4 is 14.8 Å². The molecule has 3 heterocycles. The Morgan fingerprint density at radius 3 is 2.84 bits per heavy atom. The number of hydrogen-bond acceptors (Lipinski definition) is 6. The lowest BCUT2D eigenvalue weighted by Crippen LogP contribution is -2.33. The van der Waals surface area contributed by atoms with Crippen molar-refractivity contribution >= 4 is 22.3 Å². The Bertz CT molecular complexity index is 1120. The molecule has 5 rings (SSSR count). The molecule has 3 aliphatic rings. The van der Waals surface area contributed by atoms with Gasteiger partial charge in [0.15, 0.2) is 11.5 Å². The first-order chi connectivity index (χ1) is 15.2. The number of nitrogens with one attached hydrogen (secondary N) is 3. The van der Waals surface area contributed by atoms with Gasteiger partial charge in [0.25, 0.3) is 0 Å². The molecular formula is C23H27N5O3. The number of H-pyrrole nitrogens is 2. The first kappa shape index (κ1) is 19.7. The average Bonchev–Trinajstić information content (AvgIpc) is 3.51. The highest BCUT2D eigenvalue weighted by Gasteiger charge is 2.21. The van der Waals surface area contributed by atoms with Crippen LogP contribution in [0.5, 0.6) is 11.5 Å². The number of nitrogens with zero attached hydrogens (tertiary/aromatic N) is 2. The van der Waals surface area contributed by atoms with Gasteiger partial charge in [-0.3, -0.25) is 15.2 Å². The standard InChI is InChI=1S/C23H27N5O3/c1-30-20-11-18-15(10-21(20)31-14-17(29)13-28-7-2-3-8-28)9-19-22(18)26-27-23(19)25-16-5-4-6-24-12-16/h4-6,9-12,17,25-27,29H,2-3,7-8,13-14H2,1H3. The number of ether oxygens (including phenoxy) is 2. The van der Waals surface area contributed by atoms with Crippen molar-refractivity contribution in [3.05, 3.63) is 42.7 Å². The van der Waals surface area contributed by atoms with Crippen LogP contribution in [-0.2, 0) is 0 Å². The van der Waals surface area contributed by atoms with Crippen molar-refractivity contribution in [1.82, 2.24) is 20.1 Å². The zero-order valence-corrected chi connectivity index (χ0v) is 17.5. The van der Waals surface area contributed by atoms with E-state index in [0.717, 1.165) is 46.6 Å². The number of pyridine rings is 1. The van der Waals surface area contributed by atoms with E-state index in [-0.39, 0.29) is 6.61 Å². The normalized spacial score (nSPS) is 15.5. The predicted molar refractivity (Wildman–Crippen MR) is 121 cm³/mol. The molecule has 1 fully saturated rings. The molecular weight excluding hydrogens is 394 g/mol. The highest BCUT2D eigenvalue weighted by molar-refractivity contribution is 6.05. The molecule has 1 saturated heterocycles. The summed E-state index contributed by atoms with van der Waals surface area (Å²) in [5, 5.41) is 22.2. The summed E-state index contributed by atoms with van der Waals surface area (Å²) < 4.78 is 11.5. The quantitative estimate of drug-likeness (QED) is 0.347. The average molecular weight is 422 g/mol. The van der Waals surface area contributed by atoms with Gasteiger partial charge in [-0.05, 0) is 61.6 Å². The molecule has 8 heteroatoms. The first-order valence-electron chi connectivity index (χ1n) is 10.6. The Morgan fingerprint density at radius 1 is 1.19 bits per heavy atom. The van der Waals surface area contributed by atoms with E-state index in [0.29, 0.717) is 18.0 Å². The van der Waals surface area contributed by atoms with Crippen LogP contribution in [0.25, 0.3) is 22.0 Å². The van der Waals surface area contributed by atoms with Gasteiger partial charge in [0.05, 0.1) is 24.7 Å². The van der Waals surface area contributed by atoms with Gasteiger partial charge < -0.3 is 24.8 Å². The second-order valence-corrected chi connectivity index (χ2v) is 7.99. The number of hydrogen-bond donors (Lipinski definition) is 4. The minimum atomic E-state index is -0.530. The third-order valence-electron chi connectivity index (χ3n) is 5.79. The molecule has 1 aromatic carbocycles. The van der Waals surface area contributed by atoms with E-state index in [9.17, 15) is 5.11 Å². The molecule has 31 heavy (non-hydrogen) atoms. The van der Waals surface area contributed by atoms with Crippen LogP contribution in [0.2, 0.25) is 0 Å². The smallest absolute Gasteiger partial charge is 0.161 e. The molecule has 0 amide bonds. The van der Waals surface area contributed by atoms with Crippen LogP contribution in [-0.4, -0.2) is 64.6 Å². The van der Waals surface area contributed by atoms with E-state index in [1.165, 1.54) is 12.8 Å². The van der Waals surface area contributed by atoms with Crippen LogP contribution in [0, 0.1) is 0 Å². The van der Waals surface area contributed by atoms with Crippen LogP contribution in [0.4, 0.5) is 11.5 Å². The summed E-state index contributed by atoms with van der Waals surface area (Å²) in [5.41, 5.74) is 2.92. The molecule has 162 valence electrons. The number of aliphatic hydroxyl groups is 1. The topological polar surface area (TPSA) is 98.4 Å². The maximum absolute atomic E-state index is 10.4. The summed E-state index contributed by atoms with van der Waals surface area (Å²) in [6.07, 6.45) is 5.40. The molecule has 0 radical (unpaired) electrons. The van der Waals surface area contributed by atoms with E-state index in [1.54, 1.807) is 19.5 Å². The number of aromatic amines is 2. The van der Waals surface area contributed by atoms with Crippen molar-refractivity contribution in [3.8, 4) is 22.8 Å². The van der Waals surface area contributed by atoms with Crippen molar-refractivity contribution in [2.24, 2.45) is 0 Å². The highest BCUT2D eigenvalue weighted by atomic mass is 16.5. The minimum absolute atomic E-state index is 0.235. The van der Waals surface area contributed by atoms with Crippen molar-refractivity contribution in [3.63, 3.8) is 0 Å². The van der Waals surface area contributed by atoms with Gasteiger partial charge in [-0.1, -0.05) is 0 Å². The molecule has 8 nitrogen and oxygen atoms in total. The maximum atomic E-state index is 10.4. The molecule has 2 aromatic rings. The van der Waals surface area contributed by atoms with Crippen LogP contribution in [0.15, 0.2) is 42.7 Å². The molecule has 1 aliphatic carbocycles. The van der Waals surface area contributed by atoms with Gasteiger partial charge in [-0.15, -0.1) is 0 Å². The summed E-state index contributed by atoms with van der Waals surface area (Å²) in [6, 6.07) is 9.89. The van der Waals surface area contributed by atoms with E-state index >= 15 is 0 Å². The van der Waals surface area contributed by atoms with Crippen LogP contribution >= 0.6 is 0 Å². The Labute approximate surface area is 180 Å². The summed E-state index contributed by atoms with van der Waals surface area (Å²) in [4.78, 5) is 6.43. The molecule has 0 saturated carbocycles. The fourth-order valence-corrected chi connectivity index (χ4v) is 4.26. The largest absolute Gasteiger partial charge is 0.493 e. The third kappa shape index (κ3) is 4.04. The van der Waals surface area contributed by atoms with Gasteiger partial charge in [-0.25, -0.2) is 0 Å². The van der Waals surface area contributed by atoms with Gasteiger partial charge in [0, 0.05) is 23.7 Å². The zero-order chi connectivity index (χ0) is 21.2. The number of β-amino-alcohol motifs (C(OH)–C–C–N with tert-alkyl or cyclic N) is 1. The van der Waals surface area contributed by atoms with Crippen LogP contribution in [0.3, 0.4) is 0 Å². The number of likely N-dealkylation sites (tertiary alicyclic amines) is 1. The fourth-order valence-electron chi connectivity index (χ4n) is 4.26. The first-order valence-corrected chi connectivity index (χ1v) is 10.6.